The summed E-state index contributed by atoms with van der Waals surface area (Å²) in [6, 6.07) is 10.4. The zero-order valence-electron chi connectivity index (χ0n) is 31.8. The normalized spacial score (nSPS) is 14.6. The number of aromatic nitrogens is 3. The second kappa shape index (κ2) is 18.5. The topological polar surface area (TPSA) is 198 Å². The van der Waals surface area contributed by atoms with Gasteiger partial charge in [-0.2, -0.15) is 44.6 Å². The van der Waals surface area contributed by atoms with Gasteiger partial charge in [-0.25, -0.2) is 31.4 Å². The Morgan fingerprint density at radius 2 is 1.02 bits per heavy atom. The fraction of sp³-hybridized carbons (Fsp3) is 0.389. The molecule has 0 aliphatic heterocycles. The summed E-state index contributed by atoms with van der Waals surface area (Å²) in [5.74, 6) is 0.134. The van der Waals surface area contributed by atoms with E-state index < -0.39 is 77.6 Å². The van der Waals surface area contributed by atoms with Crippen molar-refractivity contribution in [3.8, 4) is 0 Å². The van der Waals surface area contributed by atoms with Crippen LogP contribution in [0, 0.1) is 0 Å². The Bertz CT molecular complexity index is 2240. The number of nitrogens with one attached hydrogen (secondary N) is 2. The molecule has 0 spiro atoms. The number of halogens is 9. The number of hydrogen-bond donors (Lipinski definition) is 4. The number of aryl methyl sites for hydroxylation is 1. The number of pyridine rings is 1. The van der Waals surface area contributed by atoms with E-state index in [-0.39, 0.29) is 21.0 Å². The molecule has 13 nitrogen and oxygen atoms in total. The van der Waals surface area contributed by atoms with Crippen LogP contribution in [0.2, 0.25) is 0 Å². The molecule has 2 heterocycles. The lowest BCUT2D eigenvalue weighted by molar-refractivity contribution is -0.138. The number of carboxylic acid groups (broad SMARTS) is 2. The van der Waals surface area contributed by atoms with Crippen molar-refractivity contribution in [1.29, 1.82) is 0 Å². The molecule has 2 amide bonds. The number of alkyl halides is 9. The molecule has 2 saturated carbocycles. The van der Waals surface area contributed by atoms with E-state index in [1.807, 2.05) is 20.8 Å². The van der Waals surface area contributed by atoms with Crippen molar-refractivity contribution in [1.82, 2.24) is 14.8 Å². The van der Waals surface area contributed by atoms with Gasteiger partial charge in [0.05, 0.1) is 42.7 Å². The first kappa shape index (κ1) is 49.0. The van der Waals surface area contributed by atoms with E-state index in [4.69, 9.17) is 10.2 Å². The molecule has 6 rings (SSSR count). The van der Waals surface area contributed by atoms with Gasteiger partial charge in [-0.1, -0.05) is 20.8 Å². The first-order chi connectivity index (χ1) is 27.3. The van der Waals surface area contributed by atoms with Crippen molar-refractivity contribution >= 4 is 43.5 Å². The monoisotopic (exact) mass is 903 g/mol. The van der Waals surface area contributed by atoms with Crippen molar-refractivity contribution in [2.24, 2.45) is 7.05 Å². The van der Waals surface area contributed by atoms with Gasteiger partial charge in [0.25, 0.3) is 0 Å². The van der Waals surface area contributed by atoms with Gasteiger partial charge < -0.3 is 10.2 Å². The Hall–Kier alpha value is -5.39. The third kappa shape index (κ3) is 14.4. The first-order valence-corrected chi connectivity index (χ1v) is 20.3. The lowest BCUT2D eigenvalue weighted by atomic mass is 9.92. The van der Waals surface area contributed by atoms with Crippen LogP contribution in [0.1, 0.15) is 68.8 Å². The highest BCUT2D eigenvalue weighted by molar-refractivity contribution is 7.92. The number of carbonyl (C=O) groups is 2. The maximum Gasteiger partial charge on any atom is 0.416 e. The van der Waals surface area contributed by atoms with E-state index in [0.29, 0.717) is 37.6 Å². The summed E-state index contributed by atoms with van der Waals surface area (Å²) in [6.45, 7) is 6.08. The average Bonchev–Trinajstić information content (AvgIpc) is 4.05. The van der Waals surface area contributed by atoms with E-state index in [2.05, 4.69) is 15.4 Å². The molecule has 2 aliphatic carbocycles. The number of nitrogens with zero attached hydrogens (tertiary/aromatic N) is 3. The quantitative estimate of drug-likeness (QED) is 0.135. The van der Waals surface area contributed by atoms with Crippen LogP contribution in [0.5, 0.6) is 0 Å². The van der Waals surface area contributed by atoms with Gasteiger partial charge in [-0.3, -0.25) is 15.3 Å². The van der Waals surface area contributed by atoms with E-state index in [9.17, 15) is 65.9 Å². The molecule has 0 bridgehead atoms. The van der Waals surface area contributed by atoms with Gasteiger partial charge in [0.2, 0.25) is 0 Å². The standard InChI is InChI=1S/2C10H9F3O2S.C9H15N3O2.C7H5F3N2O2/c2*11-10(12,13)7-1-3-8(4-2-7)16(14,15)9-5-6-9;1-9(2,3)6-5-7(10-8(13)14)12(4)11-6;8-7(9,10)4-1-2-11-5(3-4)12-6(13)14/h2*1-4,9H,5-6H2;5,10H,1-4H3,(H,13,14);1-3H,(H,11,12)(H,13,14). The van der Waals surface area contributed by atoms with Gasteiger partial charge >= 0.3 is 30.7 Å². The molecule has 24 heteroatoms. The molecule has 330 valence electrons. The lowest BCUT2D eigenvalue weighted by Gasteiger charge is -2.13. The van der Waals surface area contributed by atoms with Crippen molar-refractivity contribution in [3.05, 3.63) is 95.3 Å². The molecule has 2 aliphatic rings. The zero-order valence-corrected chi connectivity index (χ0v) is 33.4. The number of sulfone groups is 2. The molecule has 0 radical (unpaired) electrons. The Kier molecular flexibility index (Phi) is 15.1. The third-order valence-corrected chi connectivity index (χ3v) is 12.7. The Balaban J connectivity index is 0.000000214. The fourth-order valence-electron chi connectivity index (χ4n) is 4.65. The zero-order chi connectivity index (χ0) is 45.6. The van der Waals surface area contributed by atoms with Crippen LogP contribution >= 0.6 is 0 Å². The molecular weight excluding hydrogens is 866 g/mol. The van der Waals surface area contributed by atoms with Crippen LogP contribution in [-0.2, 0) is 50.7 Å². The first-order valence-electron chi connectivity index (χ1n) is 17.2. The Morgan fingerprint density at radius 3 is 1.32 bits per heavy atom. The summed E-state index contributed by atoms with van der Waals surface area (Å²) in [5, 5.41) is 24.2. The summed E-state index contributed by atoms with van der Waals surface area (Å²) < 4.78 is 158. The maximum atomic E-state index is 12.2. The van der Waals surface area contributed by atoms with Crippen LogP contribution in [-0.4, -0.2) is 64.5 Å². The number of rotatable bonds is 6. The number of hydrogen-bond acceptors (Lipinski definition) is 8. The second-order valence-electron chi connectivity index (χ2n) is 14.1. The van der Waals surface area contributed by atoms with Crippen molar-refractivity contribution in [2.45, 2.75) is 90.7 Å². The SMILES string of the molecule is Cn1nc(C(C)(C)C)cc1NC(=O)O.O=C(O)Nc1cc(C(F)(F)F)ccn1.O=S(=O)(c1ccc(C(F)(F)F)cc1)C1CC1.O=S(=O)(c1ccc(C(F)(F)F)cc1)C1CC1. The molecule has 4 aromatic rings. The van der Waals surface area contributed by atoms with Gasteiger partial charge in [0, 0.05) is 24.7 Å². The summed E-state index contributed by atoms with van der Waals surface area (Å²) in [5.41, 5.74) is -1.82. The Labute approximate surface area is 337 Å². The van der Waals surface area contributed by atoms with Gasteiger partial charge in [0.15, 0.2) is 19.7 Å². The summed E-state index contributed by atoms with van der Waals surface area (Å²) in [6.07, 6.45) is -12.6. The summed E-state index contributed by atoms with van der Waals surface area (Å²) in [7, 11) is -5.08. The number of anilines is 2. The largest absolute Gasteiger partial charge is 0.465 e. The highest BCUT2D eigenvalue weighted by atomic mass is 32.2. The number of amides is 2. The molecule has 2 aromatic heterocycles. The van der Waals surface area contributed by atoms with Crippen LogP contribution in [0.25, 0.3) is 0 Å². The summed E-state index contributed by atoms with van der Waals surface area (Å²) >= 11 is 0. The van der Waals surface area contributed by atoms with Crippen molar-refractivity contribution in [2.75, 3.05) is 10.6 Å². The fourth-order valence-corrected chi connectivity index (χ4v) is 7.97. The maximum absolute atomic E-state index is 12.2. The van der Waals surface area contributed by atoms with Crippen LogP contribution in [0.4, 0.5) is 60.7 Å². The molecule has 2 fully saturated rings. The molecule has 0 atom stereocenters. The molecule has 4 N–H and O–H groups in total. The minimum atomic E-state index is -4.50. The van der Waals surface area contributed by atoms with Crippen LogP contribution in [0.15, 0.2) is 82.7 Å². The molecule has 0 unspecified atom stereocenters. The minimum absolute atomic E-state index is 0.0250. The lowest BCUT2D eigenvalue weighted by Crippen LogP contribution is -2.12. The smallest absolute Gasteiger partial charge is 0.416 e. The van der Waals surface area contributed by atoms with E-state index >= 15 is 0 Å². The van der Waals surface area contributed by atoms with Crippen LogP contribution in [0.3, 0.4) is 0 Å². The average molecular weight is 904 g/mol. The third-order valence-electron chi connectivity index (χ3n) is 8.15. The summed E-state index contributed by atoms with van der Waals surface area (Å²) in [4.78, 5) is 23.9. The van der Waals surface area contributed by atoms with E-state index in [0.717, 1.165) is 66.5 Å². The molecular formula is C36H38F9N5O8S2. The predicted molar refractivity (Wildman–Crippen MR) is 198 cm³/mol. The van der Waals surface area contributed by atoms with Crippen molar-refractivity contribution in [3.63, 3.8) is 0 Å². The molecule has 2 aromatic carbocycles. The Morgan fingerprint density at radius 1 is 0.633 bits per heavy atom. The van der Waals surface area contributed by atoms with Gasteiger partial charge in [0.1, 0.15) is 11.6 Å². The number of benzene rings is 2. The minimum Gasteiger partial charge on any atom is -0.465 e. The van der Waals surface area contributed by atoms with Gasteiger partial charge in [-0.05, 0) is 86.3 Å². The molecule has 0 saturated heterocycles. The van der Waals surface area contributed by atoms with E-state index in [1.165, 1.54) is 4.68 Å². The highest BCUT2D eigenvalue weighted by Gasteiger charge is 2.39. The predicted octanol–water partition coefficient (Wildman–Crippen LogP) is 9.28. The van der Waals surface area contributed by atoms with E-state index in [1.54, 1.807) is 18.4 Å². The van der Waals surface area contributed by atoms with Crippen LogP contribution < -0.4 is 10.6 Å². The molecule has 60 heavy (non-hydrogen) atoms. The van der Waals surface area contributed by atoms with Gasteiger partial charge in [-0.15, -0.1) is 0 Å². The highest BCUT2D eigenvalue weighted by Crippen LogP contribution is 2.37. The second-order valence-corrected chi connectivity index (χ2v) is 18.6. The van der Waals surface area contributed by atoms with Crippen molar-refractivity contribution < 1.29 is 76.2 Å².